The molecule has 6 nitrogen and oxygen atoms in total. The van der Waals surface area contributed by atoms with E-state index in [0.717, 1.165) is 64.5 Å². The van der Waals surface area contributed by atoms with Crippen LogP contribution in [0.3, 0.4) is 0 Å². The van der Waals surface area contributed by atoms with E-state index in [1.165, 1.54) is 5.56 Å². The van der Waals surface area contributed by atoms with Gasteiger partial charge in [0.15, 0.2) is 5.96 Å². The first-order valence-electron chi connectivity index (χ1n) is 11.2. The third-order valence-corrected chi connectivity index (χ3v) is 5.74. The van der Waals surface area contributed by atoms with Crippen molar-refractivity contribution in [2.75, 3.05) is 39.3 Å². The van der Waals surface area contributed by atoms with E-state index in [-0.39, 0.29) is 29.9 Å². The molecule has 2 rings (SSSR count). The number of carbonyl (C=O) groups excluding carboxylic acids is 1. The van der Waals surface area contributed by atoms with Crippen molar-refractivity contribution in [2.45, 2.75) is 52.5 Å². The molecule has 0 radical (unpaired) electrons. The van der Waals surface area contributed by atoms with Gasteiger partial charge in [-0.1, -0.05) is 44.2 Å². The van der Waals surface area contributed by atoms with E-state index < -0.39 is 0 Å². The van der Waals surface area contributed by atoms with Crippen LogP contribution in [0.25, 0.3) is 0 Å². The fraction of sp³-hybridized carbons (Fsp3) is 0.652. The SMILES string of the molecule is CCNC(=NCC(Cc1ccccc1)N(CC)CC)N1CCCC(CC(N)=O)C1.I. The first-order valence-corrected chi connectivity index (χ1v) is 11.2. The van der Waals surface area contributed by atoms with E-state index >= 15 is 0 Å². The van der Waals surface area contributed by atoms with Gasteiger partial charge in [0.25, 0.3) is 0 Å². The molecule has 1 heterocycles. The summed E-state index contributed by atoms with van der Waals surface area (Å²) < 4.78 is 0. The Balaban J connectivity index is 0.00000450. The van der Waals surface area contributed by atoms with E-state index in [9.17, 15) is 4.79 Å². The average Bonchev–Trinajstić information content (AvgIpc) is 2.72. The number of amides is 1. The first kappa shape index (κ1) is 26.7. The number of guanidine groups is 1. The lowest BCUT2D eigenvalue weighted by atomic mass is 9.95. The van der Waals surface area contributed by atoms with Crippen molar-refractivity contribution in [3.8, 4) is 0 Å². The highest BCUT2D eigenvalue weighted by molar-refractivity contribution is 14.0. The summed E-state index contributed by atoms with van der Waals surface area (Å²) >= 11 is 0. The second-order valence-corrected chi connectivity index (χ2v) is 7.88. The molecule has 1 aromatic carbocycles. The number of carbonyl (C=O) groups is 1. The topological polar surface area (TPSA) is 74.0 Å². The number of primary amides is 1. The molecule has 1 aliphatic rings. The molecule has 170 valence electrons. The van der Waals surface area contributed by atoms with E-state index in [1.54, 1.807) is 0 Å². The van der Waals surface area contributed by atoms with Crippen LogP contribution < -0.4 is 11.1 Å². The summed E-state index contributed by atoms with van der Waals surface area (Å²) in [5.41, 5.74) is 6.78. The summed E-state index contributed by atoms with van der Waals surface area (Å²) in [5.74, 6) is 1.09. The number of aliphatic imine (C=N–C) groups is 1. The van der Waals surface area contributed by atoms with Gasteiger partial charge in [-0.25, -0.2) is 0 Å². The van der Waals surface area contributed by atoms with Gasteiger partial charge >= 0.3 is 0 Å². The van der Waals surface area contributed by atoms with Crippen LogP contribution in [0, 0.1) is 5.92 Å². The van der Waals surface area contributed by atoms with Gasteiger partial charge in [-0.3, -0.25) is 14.7 Å². The average molecular weight is 530 g/mol. The van der Waals surface area contributed by atoms with E-state index in [4.69, 9.17) is 10.7 Å². The van der Waals surface area contributed by atoms with Crippen molar-refractivity contribution in [1.29, 1.82) is 0 Å². The molecular weight excluding hydrogens is 489 g/mol. The summed E-state index contributed by atoms with van der Waals surface area (Å²) in [5, 5.41) is 3.46. The van der Waals surface area contributed by atoms with Crippen LogP contribution in [0.4, 0.5) is 0 Å². The maximum Gasteiger partial charge on any atom is 0.217 e. The molecule has 1 aromatic rings. The summed E-state index contributed by atoms with van der Waals surface area (Å²) in [6.07, 6.45) is 3.60. The monoisotopic (exact) mass is 529 g/mol. The molecule has 2 atom stereocenters. The van der Waals surface area contributed by atoms with Crippen molar-refractivity contribution >= 4 is 35.8 Å². The van der Waals surface area contributed by atoms with Gasteiger partial charge in [-0.05, 0) is 50.8 Å². The van der Waals surface area contributed by atoms with Gasteiger partial charge in [0, 0.05) is 32.1 Å². The second-order valence-electron chi connectivity index (χ2n) is 7.88. The summed E-state index contributed by atoms with van der Waals surface area (Å²) in [7, 11) is 0. The molecule has 1 saturated heterocycles. The summed E-state index contributed by atoms with van der Waals surface area (Å²) in [6, 6.07) is 11.0. The number of hydrogen-bond donors (Lipinski definition) is 2. The van der Waals surface area contributed by atoms with Crippen LogP contribution in [-0.4, -0.2) is 67.0 Å². The molecule has 7 heteroatoms. The number of likely N-dealkylation sites (tertiary alicyclic amines) is 1. The molecule has 0 bridgehead atoms. The standard InChI is InChI=1S/C23H39N5O.HI/c1-4-25-23(28-14-10-13-20(18-28)16-22(24)29)26-17-21(27(5-2)6-3)15-19-11-8-7-9-12-19;/h7-9,11-12,20-21H,4-6,10,13-18H2,1-3H3,(H2,24,29)(H,25,26);1H. The Morgan fingerprint density at radius 1 is 1.27 bits per heavy atom. The van der Waals surface area contributed by atoms with Crippen molar-refractivity contribution in [3.05, 3.63) is 35.9 Å². The predicted molar refractivity (Wildman–Crippen MR) is 136 cm³/mol. The van der Waals surface area contributed by atoms with Crippen LogP contribution in [0.1, 0.15) is 45.6 Å². The molecular formula is C23H40IN5O. The van der Waals surface area contributed by atoms with E-state index in [2.05, 4.69) is 66.2 Å². The fourth-order valence-electron chi connectivity index (χ4n) is 4.26. The maximum atomic E-state index is 11.4. The van der Waals surface area contributed by atoms with Crippen molar-refractivity contribution in [2.24, 2.45) is 16.6 Å². The number of benzene rings is 1. The molecule has 0 spiro atoms. The molecule has 3 N–H and O–H groups in total. The van der Waals surface area contributed by atoms with E-state index in [1.807, 2.05) is 0 Å². The lowest BCUT2D eigenvalue weighted by Crippen LogP contribution is -2.48. The van der Waals surface area contributed by atoms with E-state index in [0.29, 0.717) is 18.4 Å². The van der Waals surface area contributed by atoms with Gasteiger partial charge in [-0.15, -0.1) is 24.0 Å². The Labute approximate surface area is 199 Å². The highest BCUT2D eigenvalue weighted by Gasteiger charge is 2.24. The zero-order valence-electron chi connectivity index (χ0n) is 18.8. The van der Waals surface area contributed by atoms with Gasteiger partial charge in [-0.2, -0.15) is 0 Å². The molecule has 1 aliphatic heterocycles. The Morgan fingerprint density at radius 2 is 1.97 bits per heavy atom. The van der Waals surface area contributed by atoms with Gasteiger partial charge in [0.2, 0.25) is 5.91 Å². The van der Waals surface area contributed by atoms with Crippen molar-refractivity contribution < 1.29 is 4.79 Å². The van der Waals surface area contributed by atoms with Crippen molar-refractivity contribution in [1.82, 2.24) is 15.1 Å². The number of likely N-dealkylation sites (N-methyl/N-ethyl adjacent to an activating group) is 1. The van der Waals surface area contributed by atoms with Crippen molar-refractivity contribution in [3.63, 3.8) is 0 Å². The Hall–Kier alpha value is -1.35. The van der Waals surface area contributed by atoms with Crippen LogP contribution in [0.15, 0.2) is 35.3 Å². The number of hydrogen-bond acceptors (Lipinski definition) is 3. The lowest BCUT2D eigenvalue weighted by Gasteiger charge is -2.35. The molecule has 30 heavy (non-hydrogen) atoms. The third kappa shape index (κ3) is 8.79. The van der Waals surface area contributed by atoms with Gasteiger partial charge < -0.3 is 16.0 Å². The highest BCUT2D eigenvalue weighted by atomic mass is 127. The first-order chi connectivity index (χ1) is 14.1. The minimum atomic E-state index is -0.205. The number of nitrogens with zero attached hydrogens (tertiary/aromatic N) is 3. The number of halogens is 1. The lowest BCUT2D eigenvalue weighted by molar-refractivity contribution is -0.119. The Morgan fingerprint density at radius 3 is 2.57 bits per heavy atom. The quantitative estimate of drug-likeness (QED) is 0.278. The normalized spacial score (nSPS) is 18.1. The fourth-order valence-corrected chi connectivity index (χ4v) is 4.26. The third-order valence-electron chi connectivity index (χ3n) is 5.74. The minimum absolute atomic E-state index is 0. The number of piperidine rings is 1. The zero-order chi connectivity index (χ0) is 21.1. The number of rotatable bonds is 10. The number of nitrogens with one attached hydrogen (secondary N) is 1. The maximum absolute atomic E-state index is 11.4. The molecule has 0 aliphatic carbocycles. The predicted octanol–water partition coefficient (Wildman–Crippen LogP) is 3.11. The van der Waals surface area contributed by atoms with Crippen LogP contribution in [-0.2, 0) is 11.2 Å². The van der Waals surface area contributed by atoms with Crippen LogP contribution >= 0.6 is 24.0 Å². The van der Waals surface area contributed by atoms with Crippen LogP contribution in [0.2, 0.25) is 0 Å². The number of nitrogens with two attached hydrogens (primary N) is 1. The minimum Gasteiger partial charge on any atom is -0.370 e. The summed E-state index contributed by atoms with van der Waals surface area (Å²) in [4.78, 5) is 21.2. The highest BCUT2D eigenvalue weighted by Crippen LogP contribution is 2.19. The van der Waals surface area contributed by atoms with Gasteiger partial charge in [0.05, 0.1) is 6.54 Å². The Bertz CT molecular complexity index is 636. The molecule has 0 saturated carbocycles. The molecule has 2 unspecified atom stereocenters. The molecule has 0 aromatic heterocycles. The second kappa shape index (κ2) is 14.6. The smallest absolute Gasteiger partial charge is 0.217 e. The van der Waals surface area contributed by atoms with Gasteiger partial charge in [0.1, 0.15) is 0 Å². The Kier molecular flexibility index (Phi) is 13.0. The summed E-state index contributed by atoms with van der Waals surface area (Å²) in [6.45, 7) is 12.0. The largest absolute Gasteiger partial charge is 0.370 e. The molecule has 1 amide bonds. The molecule has 1 fully saturated rings. The van der Waals surface area contributed by atoms with Crippen LogP contribution in [0.5, 0.6) is 0 Å². The zero-order valence-corrected chi connectivity index (χ0v) is 21.2.